The third-order valence-electron chi connectivity index (χ3n) is 3.68. The molecule has 1 aromatic rings. The highest BCUT2D eigenvalue weighted by Crippen LogP contribution is 2.17. The van der Waals surface area contributed by atoms with Gasteiger partial charge in [0, 0.05) is 31.2 Å². The van der Waals surface area contributed by atoms with Gasteiger partial charge in [0.15, 0.2) is 0 Å². The van der Waals surface area contributed by atoms with Crippen molar-refractivity contribution in [2.75, 3.05) is 6.54 Å². The monoisotopic (exact) mass is 286 g/mol. The van der Waals surface area contributed by atoms with Gasteiger partial charge in [-0.15, -0.1) is 0 Å². The van der Waals surface area contributed by atoms with Crippen LogP contribution in [0, 0.1) is 6.92 Å². The molecule has 1 aromatic heterocycles. The SMILES string of the molecule is CCn1nc(C)cc1CC1CCC(S(N)(=O)=O)CN1. The van der Waals surface area contributed by atoms with Crippen LogP contribution in [0.3, 0.4) is 0 Å². The fourth-order valence-corrected chi connectivity index (χ4v) is 3.43. The summed E-state index contributed by atoms with van der Waals surface area (Å²) in [6, 6.07) is 2.40. The number of hydrogen-bond donors (Lipinski definition) is 2. The van der Waals surface area contributed by atoms with Gasteiger partial charge in [-0.2, -0.15) is 5.10 Å². The topological polar surface area (TPSA) is 90.0 Å². The molecule has 0 bridgehead atoms. The van der Waals surface area contributed by atoms with Crippen LogP contribution in [0.2, 0.25) is 0 Å². The predicted octanol–water partition coefficient (Wildman–Crippen LogP) is 0.163. The van der Waals surface area contributed by atoms with Gasteiger partial charge < -0.3 is 5.32 Å². The first-order valence-electron chi connectivity index (χ1n) is 6.68. The van der Waals surface area contributed by atoms with Crippen LogP contribution in [-0.4, -0.2) is 36.0 Å². The Labute approximate surface area is 114 Å². The maximum Gasteiger partial charge on any atom is 0.213 e. The molecule has 0 aromatic carbocycles. The van der Waals surface area contributed by atoms with Crippen molar-refractivity contribution in [1.29, 1.82) is 0 Å². The number of nitrogens with one attached hydrogen (secondary N) is 1. The van der Waals surface area contributed by atoms with Crippen LogP contribution < -0.4 is 10.5 Å². The summed E-state index contributed by atoms with van der Waals surface area (Å²) < 4.78 is 24.6. The van der Waals surface area contributed by atoms with E-state index in [0.29, 0.717) is 19.0 Å². The fraction of sp³-hybridized carbons (Fsp3) is 0.750. The molecule has 0 saturated carbocycles. The molecule has 1 fully saturated rings. The largest absolute Gasteiger partial charge is 0.312 e. The van der Waals surface area contributed by atoms with E-state index in [4.69, 9.17) is 5.14 Å². The summed E-state index contributed by atoms with van der Waals surface area (Å²) in [5.41, 5.74) is 2.22. The molecule has 2 rings (SSSR count). The highest BCUT2D eigenvalue weighted by atomic mass is 32.2. The van der Waals surface area contributed by atoms with Crippen molar-refractivity contribution in [3.8, 4) is 0 Å². The fourth-order valence-electron chi connectivity index (χ4n) is 2.63. The van der Waals surface area contributed by atoms with E-state index in [1.54, 1.807) is 0 Å². The van der Waals surface area contributed by atoms with E-state index in [1.165, 1.54) is 5.69 Å². The standard InChI is InChI=1S/C12H22N4O2S/c1-3-16-11(6-9(2)15-16)7-10-4-5-12(8-14-10)19(13,17)18/h6,10,12,14H,3-5,7-8H2,1-2H3,(H2,13,17,18). The van der Waals surface area contributed by atoms with E-state index in [-0.39, 0.29) is 0 Å². The Morgan fingerprint density at radius 2 is 2.26 bits per heavy atom. The molecule has 2 heterocycles. The lowest BCUT2D eigenvalue weighted by Crippen LogP contribution is -2.47. The Kier molecular flexibility index (Phi) is 4.27. The third-order valence-corrected chi connectivity index (χ3v) is 5.01. The predicted molar refractivity (Wildman–Crippen MR) is 74.3 cm³/mol. The van der Waals surface area contributed by atoms with Gasteiger partial charge in [0.25, 0.3) is 0 Å². The Morgan fingerprint density at radius 3 is 2.79 bits per heavy atom. The Balaban J connectivity index is 1.96. The molecular weight excluding hydrogens is 264 g/mol. The van der Waals surface area contributed by atoms with Crippen LogP contribution in [0.4, 0.5) is 0 Å². The number of nitrogens with two attached hydrogens (primary N) is 1. The molecule has 19 heavy (non-hydrogen) atoms. The summed E-state index contributed by atoms with van der Waals surface area (Å²) in [6.45, 7) is 5.36. The minimum absolute atomic E-state index is 0.305. The van der Waals surface area contributed by atoms with Crippen LogP contribution in [0.5, 0.6) is 0 Å². The van der Waals surface area contributed by atoms with Crippen molar-refractivity contribution in [3.05, 3.63) is 17.5 Å². The first kappa shape index (κ1) is 14.5. The maximum absolute atomic E-state index is 11.3. The zero-order valence-corrected chi connectivity index (χ0v) is 12.3. The maximum atomic E-state index is 11.3. The number of aromatic nitrogens is 2. The second kappa shape index (κ2) is 5.60. The molecule has 0 spiro atoms. The van der Waals surface area contributed by atoms with Gasteiger partial charge in [-0.25, -0.2) is 13.6 Å². The highest BCUT2D eigenvalue weighted by molar-refractivity contribution is 7.89. The van der Waals surface area contributed by atoms with Crippen LogP contribution in [0.15, 0.2) is 6.07 Å². The molecule has 1 aliphatic heterocycles. The molecule has 1 saturated heterocycles. The van der Waals surface area contributed by atoms with Gasteiger partial charge in [0.1, 0.15) is 0 Å². The van der Waals surface area contributed by atoms with Gasteiger partial charge in [0.05, 0.1) is 10.9 Å². The number of piperidine rings is 1. The molecule has 2 unspecified atom stereocenters. The number of aryl methyl sites for hydroxylation is 2. The summed E-state index contributed by atoms with van der Waals surface area (Å²) >= 11 is 0. The second-order valence-corrected chi connectivity index (χ2v) is 7.04. The van der Waals surface area contributed by atoms with Crippen molar-refractivity contribution in [2.24, 2.45) is 5.14 Å². The van der Waals surface area contributed by atoms with Gasteiger partial charge in [-0.3, -0.25) is 4.68 Å². The average Bonchev–Trinajstić information content (AvgIpc) is 2.69. The molecule has 0 radical (unpaired) electrons. The lowest BCUT2D eigenvalue weighted by molar-refractivity contribution is 0.388. The van der Waals surface area contributed by atoms with E-state index < -0.39 is 15.3 Å². The first-order chi connectivity index (χ1) is 8.90. The van der Waals surface area contributed by atoms with Crippen molar-refractivity contribution in [2.45, 2.75) is 50.9 Å². The number of nitrogens with zero attached hydrogens (tertiary/aromatic N) is 2. The van der Waals surface area contributed by atoms with Gasteiger partial charge in [-0.05, 0) is 32.8 Å². The minimum Gasteiger partial charge on any atom is -0.312 e. The molecule has 1 aliphatic rings. The van der Waals surface area contributed by atoms with Gasteiger partial charge in [0.2, 0.25) is 10.0 Å². The first-order valence-corrected chi connectivity index (χ1v) is 8.29. The van der Waals surface area contributed by atoms with Crippen molar-refractivity contribution >= 4 is 10.0 Å². The lowest BCUT2D eigenvalue weighted by atomic mass is 10.00. The molecule has 7 heteroatoms. The second-order valence-electron chi connectivity index (χ2n) is 5.19. The smallest absolute Gasteiger partial charge is 0.213 e. The molecule has 108 valence electrons. The molecule has 6 nitrogen and oxygen atoms in total. The highest BCUT2D eigenvalue weighted by Gasteiger charge is 2.28. The number of hydrogen-bond acceptors (Lipinski definition) is 4. The van der Waals surface area contributed by atoms with Gasteiger partial charge in [-0.1, -0.05) is 0 Å². The van der Waals surface area contributed by atoms with Crippen molar-refractivity contribution < 1.29 is 8.42 Å². The molecule has 0 amide bonds. The number of primary sulfonamides is 1. The quantitative estimate of drug-likeness (QED) is 0.825. The summed E-state index contributed by atoms with van der Waals surface area (Å²) in [5, 5.41) is 12.4. The summed E-state index contributed by atoms with van der Waals surface area (Å²) in [4.78, 5) is 0. The summed E-state index contributed by atoms with van der Waals surface area (Å²) in [5.74, 6) is 0. The summed E-state index contributed by atoms with van der Waals surface area (Å²) in [6.07, 6.45) is 2.34. The van der Waals surface area contributed by atoms with Crippen LogP contribution in [0.25, 0.3) is 0 Å². The normalized spacial score (nSPS) is 24.6. The average molecular weight is 286 g/mol. The molecular formula is C12H22N4O2S. The van der Waals surface area contributed by atoms with E-state index in [2.05, 4.69) is 23.4 Å². The zero-order valence-electron chi connectivity index (χ0n) is 11.5. The van der Waals surface area contributed by atoms with E-state index in [1.807, 2.05) is 11.6 Å². The van der Waals surface area contributed by atoms with Gasteiger partial charge >= 0.3 is 0 Å². The Morgan fingerprint density at radius 1 is 1.53 bits per heavy atom. The van der Waals surface area contributed by atoms with E-state index in [9.17, 15) is 8.42 Å². The molecule has 3 N–H and O–H groups in total. The zero-order chi connectivity index (χ0) is 14.0. The number of sulfonamides is 1. The van der Waals surface area contributed by atoms with Crippen molar-refractivity contribution in [3.63, 3.8) is 0 Å². The minimum atomic E-state index is -3.41. The Hall–Kier alpha value is -0.920. The number of rotatable bonds is 4. The van der Waals surface area contributed by atoms with Crippen LogP contribution >= 0.6 is 0 Å². The third kappa shape index (κ3) is 3.55. The molecule has 2 atom stereocenters. The van der Waals surface area contributed by atoms with E-state index >= 15 is 0 Å². The van der Waals surface area contributed by atoms with E-state index in [0.717, 1.165) is 25.1 Å². The Bertz CT molecular complexity index is 530. The summed E-state index contributed by atoms with van der Waals surface area (Å²) in [7, 11) is -3.41. The van der Waals surface area contributed by atoms with Crippen LogP contribution in [-0.2, 0) is 23.0 Å². The lowest BCUT2D eigenvalue weighted by Gasteiger charge is -2.28. The molecule has 0 aliphatic carbocycles. The van der Waals surface area contributed by atoms with Crippen LogP contribution in [0.1, 0.15) is 31.2 Å². The van der Waals surface area contributed by atoms with Crippen molar-refractivity contribution in [1.82, 2.24) is 15.1 Å².